The van der Waals surface area contributed by atoms with Crippen LogP contribution >= 0.6 is 0 Å². The van der Waals surface area contributed by atoms with E-state index in [1.165, 1.54) is 0 Å². The molecule has 1 fully saturated rings. The summed E-state index contributed by atoms with van der Waals surface area (Å²) >= 11 is 0. The fourth-order valence-corrected chi connectivity index (χ4v) is 2.70. The topological polar surface area (TPSA) is 63.4 Å². The fourth-order valence-electron chi connectivity index (χ4n) is 2.70. The number of hydrogen-bond acceptors (Lipinski definition) is 5. The summed E-state index contributed by atoms with van der Waals surface area (Å²) in [6.45, 7) is 7.50. The SMILES string of the molecule is CC(C)Cn1ncnc1CN(C)C1(CO)CCOCC1. The number of likely N-dealkylation sites (N-methyl/N-ethyl adjacent to an activating group) is 1. The molecule has 0 bridgehead atoms. The summed E-state index contributed by atoms with van der Waals surface area (Å²) < 4.78 is 7.38. The fraction of sp³-hybridized carbons (Fsp3) is 0.857. The van der Waals surface area contributed by atoms with Gasteiger partial charge in [-0.3, -0.25) is 4.90 Å². The maximum Gasteiger partial charge on any atom is 0.141 e. The minimum absolute atomic E-state index is 0.158. The van der Waals surface area contributed by atoms with Crippen LogP contribution in [0.5, 0.6) is 0 Å². The lowest BCUT2D eigenvalue weighted by Crippen LogP contribution is -2.53. The van der Waals surface area contributed by atoms with E-state index in [2.05, 4.69) is 35.9 Å². The Morgan fingerprint density at radius 3 is 2.75 bits per heavy atom. The second-order valence-corrected chi connectivity index (χ2v) is 6.10. The highest BCUT2D eigenvalue weighted by Crippen LogP contribution is 2.27. The van der Waals surface area contributed by atoms with Crippen LogP contribution in [0.3, 0.4) is 0 Å². The molecule has 1 aromatic heterocycles. The van der Waals surface area contributed by atoms with Crippen molar-refractivity contribution >= 4 is 0 Å². The van der Waals surface area contributed by atoms with E-state index in [1.54, 1.807) is 6.33 Å². The van der Waals surface area contributed by atoms with E-state index in [-0.39, 0.29) is 12.1 Å². The smallest absolute Gasteiger partial charge is 0.141 e. The monoisotopic (exact) mass is 282 g/mol. The number of nitrogens with zero attached hydrogens (tertiary/aromatic N) is 4. The zero-order chi connectivity index (χ0) is 14.6. The second kappa shape index (κ2) is 6.65. The third-order valence-electron chi connectivity index (χ3n) is 4.14. The molecule has 0 spiro atoms. The maximum atomic E-state index is 9.82. The molecule has 0 unspecified atom stereocenters. The molecule has 114 valence electrons. The Morgan fingerprint density at radius 1 is 1.45 bits per heavy atom. The van der Waals surface area contributed by atoms with Crippen LogP contribution in [0.2, 0.25) is 0 Å². The van der Waals surface area contributed by atoms with Crippen molar-refractivity contribution in [1.29, 1.82) is 0 Å². The molecule has 1 saturated heterocycles. The van der Waals surface area contributed by atoms with Gasteiger partial charge in [0, 0.05) is 25.3 Å². The Morgan fingerprint density at radius 2 is 2.15 bits per heavy atom. The molecular formula is C14H26N4O2. The van der Waals surface area contributed by atoms with E-state index in [0.717, 1.165) is 25.2 Å². The molecule has 1 aliphatic heterocycles. The lowest BCUT2D eigenvalue weighted by molar-refractivity contribution is -0.0505. The van der Waals surface area contributed by atoms with Crippen molar-refractivity contribution in [2.45, 2.75) is 45.3 Å². The van der Waals surface area contributed by atoms with Crippen LogP contribution in [0.1, 0.15) is 32.5 Å². The van der Waals surface area contributed by atoms with Gasteiger partial charge < -0.3 is 9.84 Å². The number of hydrogen-bond donors (Lipinski definition) is 1. The first-order valence-corrected chi connectivity index (χ1v) is 7.34. The maximum absolute atomic E-state index is 9.82. The minimum Gasteiger partial charge on any atom is -0.394 e. The molecule has 2 heterocycles. The molecule has 0 aromatic carbocycles. The highest BCUT2D eigenvalue weighted by atomic mass is 16.5. The molecule has 0 amide bonds. The highest BCUT2D eigenvalue weighted by Gasteiger charge is 2.36. The third-order valence-corrected chi connectivity index (χ3v) is 4.14. The predicted octanol–water partition coefficient (Wildman–Crippen LogP) is 0.907. The Balaban J connectivity index is 2.06. The molecule has 20 heavy (non-hydrogen) atoms. The Kier molecular flexibility index (Phi) is 5.12. The Hall–Kier alpha value is -0.980. The van der Waals surface area contributed by atoms with Gasteiger partial charge >= 0.3 is 0 Å². The van der Waals surface area contributed by atoms with Crippen LogP contribution in [0, 0.1) is 5.92 Å². The number of aliphatic hydroxyl groups excluding tert-OH is 1. The van der Waals surface area contributed by atoms with Crippen molar-refractivity contribution in [3.05, 3.63) is 12.2 Å². The van der Waals surface area contributed by atoms with E-state index in [9.17, 15) is 5.11 Å². The first-order valence-electron chi connectivity index (χ1n) is 7.34. The third kappa shape index (κ3) is 3.37. The quantitative estimate of drug-likeness (QED) is 0.840. The summed E-state index contributed by atoms with van der Waals surface area (Å²) in [7, 11) is 2.05. The normalized spacial score (nSPS) is 18.9. The average molecular weight is 282 g/mol. The van der Waals surface area contributed by atoms with Crippen molar-refractivity contribution < 1.29 is 9.84 Å². The van der Waals surface area contributed by atoms with Gasteiger partial charge in [-0.05, 0) is 25.8 Å². The van der Waals surface area contributed by atoms with Crippen molar-refractivity contribution in [1.82, 2.24) is 19.7 Å². The summed E-state index contributed by atoms with van der Waals surface area (Å²) in [6.07, 6.45) is 3.33. The van der Waals surface area contributed by atoms with Gasteiger partial charge in [0.05, 0.1) is 13.2 Å². The molecule has 1 N–H and O–H groups in total. The lowest BCUT2D eigenvalue weighted by atomic mass is 9.89. The predicted molar refractivity (Wildman–Crippen MR) is 76.2 cm³/mol. The molecule has 1 aromatic rings. The van der Waals surface area contributed by atoms with Crippen LogP contribution in [0.25, 0.3) is 0 Å². The number of aliphatic hydroxyl groups is 1. The molecule has 1 aliphatic rings. The molecule has 6 heteroatoms. The van der Waals surface area contributed by atoms with E-state index in [1.807, 2.05) is 4.68 Å². The zero-order valence-corrected chi connectivity index (χ0v) is 12.7. The standard InChI is InChI=1S/C14H26N4O2/c1-12(2)8-18-13(15-11-16-18)9-17(3)14(10-19)4-6-20-7-5-14/h11-12,19H,4-10H2,1-3H3. The lowest BCUT2D eigenvalue weighted by Gasteiger charge is -2.43. The van der Waals surface area contributed by atoms with Crippen molar-refractivity contribution in [3.63, 3.8) is 0 Å². The van der Waals surface area contributed by atoms with Gasteiger partial charge in [0.1, 0.15) is 12.2 Å². The van der Waals surface area contributed by atoms with Gasteiger partial charge in [0.15, 0.2) is 0 Å². The molecule has 2 rings (SSSR count). The number of ether oxygens (including phenoxy) is 1. The van der Waals surface area contributed by atoms with Gasteiger partial charge in [-0.2, -0.15) is 5.10 Å². The van der Waals surface area contributed by atoms with Crippen LogP contribution in [-0.2, 0) is 17.8 Å². The van der Waals surface area contributed by atoms with Gasteiger partial charge in [-0.25, -0.2) is 9.67 Å². The largest absolute Gasteiger partial charge is 0.394 e. The molecule has 6 nitrogen and oxygen atoms in total. The molecular weight excluding hydrogens is 256 g/mol. The van der Waals surface area contributed by atoms with Gasteiger partial charge in [0.2, 0.25) is 0 Å². The zero-order valence-electron chi connectivity index (χ0n) is 12.7. The van der Waals surface area contributed by atoms with E-state index < -0.39 is 0 Å². The van der Waals surface area contributed by atoms with E-state index in [0.29, 0.717) is 25.7 Å². The summed E-state index contributed by atoms with van der Waals surface area (Å²) in [5.41, 5.74) is -0.188. The summed E-state index contributed by atoms with van der Waals surface area (Å²) in [5.74, 6) is 1.50. The van der Waals surface area contributed by atoms with Crippen LogP contribution < -0.4 is 0 Å². The van der Waals surface area contributed by atoms with Crippen molar-refractivity contribution in [3.8, 4) is 0 Å². The van der Waals surface area contributed by atoms with Crippen LogP contribution in [0.15, 0.2) is 6.33 Å². The van der Waals surface area contributed by atoms with Crippen molar-refractivity contribution in [2.75, 3.05) is 26.9 Å². The minimum atomic E-state index is -0.188. The second-order valence-electron chi connectivity index (χ2n) is 6.10. The molecule has 0 radical (unpaired) electrons. The summed E-state index contributed by atoms with van der Waals surface area (Å²) in [4.78, 5) is 6.57. The van der Waals surface area contributed by atoms with E-state index >= 15 is 0 Å². The van der Waals surface area contributed by atoms with Crippen LogP contribution in [-0.4, -0.2) is 57.2 Å². The number of rotatable bonds is 6. The average Bonchev–Trinajstić information content (AvgIpc) is 2.86. The van der Waals surface area contributed by atoms with Crippen molar-refractivity contribution in [2.24, 2.45) is 5.92 Å². The summed E-state index contributed by atoms with van der Waals surface area (Å²) in [6, 6.07) is 0. The van der Waals surface area contributed by atoms with Crippen LogP contribution in [0.4, 0.5) is 0 Å². The first-order chi connectivity index (χ1) is 9.57. The molecule has 0 saturated carbocycles. The highest BCUT2D eigenvalue weighted by molar-refractivity contribution is 4.94. The van der Waals surface area contributed by atoms with Gasteiger partial charge in [-0.15, -0.1) is 0 Å². The Labute approximate surface area is 120 Å². The van der Waals surface area contributed by atoms with E-state index in [4.69, 9.17) is 4.74 Å². The molecule has 0 atom stereocenters. The first kappa shape index (κ1) is 15.4. The number of aromatic nitrogens is 3. The Bertz CT molecular complexity index is 413. The summed E-state index contributed by atoms with van der Waals surface area (Å²) in [5, 5.41) is 14.1. The molecule has 0 aliphatic carbocycles. The van der Waals surface area contributed by atoms with Gasteiger partial charge in [0.25, 0.3) is 0 Å². The van der Waals surface area contributed by atoms with Gasteiger partial charge in [-0.1, -0.05) is 13.8 Å².